The molecule has 7 aromatic rings. The molecule has 0 fully saturated rings. The van der Waals surface area contributed by atoms with Gasteiger partial charge in [0.25, 0.3) is 0 Å². The van der Waals surface area contributed by atoms with Crippen LogP contribution in [0.15, 0.2) is 158 Å². The van der Waals surface area contributed by atoms with Crippen molar-refractivity contribution in [3.63, 3.8) is 0 Å². The van der Waals surface area contributed by atoms with Gasteiger partial charge in [-0.2, -0.15) is 0 Å². The summed E-state index contributed by atoms with van der Waals surface area (Å²) in [5.41, 5.74) is 7.11. The number of hydrogen-bond donors (Lipinski definition) is 0. The van der Waals surface area contributed by atoms with Gasteiger partial charge in [0, 0.05) is 52.7 Å². The standard InChI is InChI=1S/C11H16O5.C10H14O2.C9H11ClO2.2C9H12O2.C9H10O.C7H6Cl2O.2CH2O/c1-12-7-16-8-5-9(13-2)11(15-4)10(6-8)14-3;1-9-3-5-10(6-4-9)7-12-8-11-2;1-7-3-4-8(5-9(7)10)12-6-11-2;2*1-8-3-5-9(6-4-8)11-7-10-2;1-10-8-7-9-5-3-2-4-6-9;1-10-6-4-2-3-5(8)7(6)9;2*1-2/h5-6H,7H2,1-4H3;3-6H,7-8H2,1-2H3;3-5H,6H2,1-2H3;2*3-6H,7H2,1-2H3;2-8H,1H3;2-4H,1H3;2*1H2. The van der Waals surface area contributed by atoms with Gasteiger partial charge in [0.2, 0.25) is 5.75 Å². The van der Waals surface area contributed by atoms with Gasteiger partial charge in [-0.25, -0.2) is 0 Å². The van der Waals surface area contributed by atoms with Gasteiger partial charge >= 0.3 is 0 Å². The molecule has 20 heteroatoms. The summed E-state index contributed by atoms with van der Waals surface area (Å²) in [5.74, 6) is 5.25. The van der Waals surface area contributed by atoms with Crippen molar-refractivity contribution in [1.82, 2.24) is 0 Å². The summed E-state index contributed by atoms with van der Waals surface area (Å²) in [6.45, 7) is 14.1. The molecule has 0 aromatic heterocycles. The molecule has 17 nitrogen and oxygen atoms in total. The first-order valence-corrected chi connectivity index (χ1v) is 26.9. The van der Waals surface area contributed by atoms with Gasteiger partial charge in [-0.1, -0.05) is 142 Å². The second-order valence-electron chi connectivity index (χ2n) is 16.5. The molecule has 0 heterocycles. The van der Waals surface area contributed by atoms with Crippen molar-refractivity contribution in [3.05, 3.63) is 206 Å². The van der Waals surface area contributed by atoms with E-state index in [0.29, 0.717) is 70.8 Å². The zero-order chi connectivity index (χ0) is 64.8. The van der Waals surface area contributed by atoms with Gasteiger partial charge in [-0.05, 0) is 99.0 Å². The molecule has 0 radical (unpaired) electrons. The van der Waals surface area contributed by atoms with Crippen molar-refractivity contribution in [2.24, 2.45) is 0 Å². The Morgan fingerprint density at radius 3 is 1.21 bits per heavy atom. The molecule has 0 aliphatic carbocycles. The predicted octanol–water partition coefficient (Wildman–Crippen LogP) is 15.3. The van der Waals surface area contributed by atoms with Crippen LogP contribution in [0.1, 0.15) is 33.4 Å². The summed E-state index contributed by atoms with van der Waals surface area (Å²) in [6, 6.07) is 48.2. The molecular formula is C66H85Cl3O17. The molecule has 7 aromatic carbocycles. The summed E-state index contributed by atoms with van der Waals surface area (Å²) >= 11 is 17.3. The van der Waals surface area contributed by atoms with E-state index in [1.807, 2.05) is 131 Å². The summed E-state index contributed by atoms with van der Waals surface area (Å²) in [4.78, 5) is 16.0. The van der Waals surface area contributed by atoms with Crippen LogP contribution >= 0.6 is 34.8 Å². The predicted molar refractivity (Wildman–Crippen MR) is 342 cm³/mol. The third-order valence-electron chi connectivity index (χ3n) is 10.1. The monoisotopic (exact) mass is 1250 g/mol. The van der Waals surface area contributed by atoms with Crippen LogP contribution in [0.25, 0.3) is 6.08 Å². The summed E-state index contributed by atoms with van der Waals surface area (Å²) in [5, 5.41) is 1.69. The van der Waals surface area contributed by atoms with Crippen molar-refractivity contribution < 1.29 is 80.6 Å². The highest BCUT2D eigenvalue weighted by Crippen LogP contribution is 2.40. The lowest BCUT2D eigenvalue weighted by Gasteiger charge is -2.14. The van der Waals surface area contributed by atoms with Crippen LogP contribution in [0.4, 0.5) is 0 Å². The first-order chi connectivity index (χ1) is 41.7. The number of rotatable bonds is 22. The third kappa shape index (κ3) is 38.4. The fourth-order valence-electron chi connectivity index (χ4n) is 5.86. The average molecular weight is 1260 g/mol. The largest absolute Gasteiger partial charge is 0.504 e. The third-order valence-corrected chi connectivity index (χ3v) is 11.3. The van der Waals surface area contributed by atoms with Crippen LogP contribution in [0.2, 0.25) is 15.1 Å². The van der Waals surface area contributed by atoms with E-state index in [0.717, 1.165) is 28.4 Å². The maximum absolute atomic E-state index is 8.00. The van der Waals surface area contributed by atoms with E-state index in [1.54, 1.807) is 114 Å². The molecule has 0 aliphatic heterocycles. The maximum atomic E-state index is 8.00. The highest BCUT2D eigenvalue weighted by molar-refractivity contribution is 6.42. The van der Waals surface area contributed by atoms with E-state index >= 15 is 0 Å². The van der Waals surface area contributed by atoms with Crippen LogP contribution in [-0.4, -0.2) is 119 Å². The molecular weight excluding hydrogens is 1170 g/mol. The molecule has 0 amide bonds. The zero-order valence-electron chi connectivity index (χ0n) is 51.8. The van der Waals surface area contributed by atoms with Crippen LogP contribution in [0.5, 0.6) is 46.0 Å². The van der Waals surface area contributed by atoms with Crippen molar-refractivity contribution in [2.75, 3.05) is 105 Å². The minimum absolute atomic E-state index is 0.165. The Morgan fingerprint density at radius 1 is 0.395 bits per heavy atom. The number of hydrogen-bond acceptors (Lipinski definition) is 17. The minimum Gasteiger partial charge on any atom is -0.504 e. The first-order valence-electron chi connectivity index (χ1n) is 25.8. The molecule has 86 heavy (non-hydrogen) atoms. The Bertz CT molecular complexity index is 2680. The fraction of sp³-hybridized carbons (Fsp3) is 0.303. The van der Waals surface area contributed by atoms with Gasteiger partial charge in [0.15, 0.2) is 38.7 Å². The van der Waals surface area contributed by atoms with E-state index in [9.17, 15) is 0 Å². The SMILES string of the molecule is C=O.C=O.COC=Cc1ccccc1.COCOCc1ccc(C)cc1.COCOc1cc(OC)c(OC)c(OC)c1.COCOc1ccc(C)c(Cl)c1.COCOc1ccc(C)cc1.COCOc1ccc(C)cc1.COc1cccc(Cl)c1Cl. The lowest BCUT2D eigenvalue weighted by molar-refractivity contribution is -0.0987. The topological polar surface area (TPSA) is 173 Å². The van der Waals surface area contributed by atoms with Crippen LogP contribution in [0, 0.1) is 27.7 Å². The Labute approximate surface area is 524 Å². The van der Waals surface area contributed by atoms with Crippen molar-refractivity contribution in [1.29, 1.82) is 0 Å². The lowest BCUT2D eigenvalue weighted by Crippen LogP contribution is -2.01. The molecule has 0 spiro atoms. The Kier molecular flexibility index (Phi) is 50.7. The van der Waals surface area contributed by atoms with Gasteiger partial charge in [0.1, 0.15) is 54.1 Å². The molecule has 0 saturated heterocycles. The molecule has 7 rings (SSSR count). The Balaban J connectivity index is 0. The molecule has 0 atom stereocenters. The second kappa shape index (κ2) is 54.1. The average Bonchev–Trinajstić information content (AvgIpc) is 3.08. The van der Waals surface area contributed by atoms with Gasteiger partial charge < -0.3 is 80.6 Å². The summed E-state index contributed by atoms with van der Waals surface area (Å²) in [7, 11) is 15.8. The number of aryl methyl sites for hydroxylation is 4. The van der Waals surface area contributed by atoms with E-state index in [2.05, 4.69) is 31.2 Å². The smallest absolute Gasteiger partial charge is 0.203 e. The minimum atomic E-state index is 0.165. The zero-order valence-corrected chi connectivity index (χ0v) is 54.1. The molecule has 0 bridgehead atoms. The first kappa shape index (κ1) is 80.5. The van der Waals surface area contributed by atoms with Crippen LogP contribution < -0.4 is 37.9 Å². The summed E-state index contributed by atoms with van der Waals surface area (Å²) < 4.78 is 75.1. The number of carbonyl (C=O) groups excluding carboxylic acids is 2. The van der Waals surface area contributed by atoms with Gasteiger partial charge in [0.05, 0.1) is 53.4 Å². The quantitative estimate of drug-likeness (QED) is 0.0356. The van der Waals surface area contributed by atoms with Gasteiger partial charge in [-0.3, -0.25) is 0 Å². The molecule has 0 saturated carbocycles. The molecule has 472 valence electrons. The summed E-state index contributed by atoms with van der Waals surface area (Å²) in [6.07, 6.45) is 3.58. The van der Waals surface area contributed by atoms with Gasteiger partial charge in [-0.15, -0.1) is 0 Å². The van der Waals surface area contributed by atoms with Crippen molar-refractivity contribution in [2.45, 2.75) is 34.3 Å². The lowest BCUT2D eigenvalue weighted by atomic mass is 10.2. The van der Waals surface area contributed by atoms with Crippen molar-refractivity contribution >= 4 is 54.5 Å². The highest BCUT2D eigenvalue weighted by atomic mass is 35.5. The number of halogens is 3. The molecule has 0 unspecified atom stereocenters. The van der Waals surface area contributed by atoms with E-state index in [4.69, 9.17) is 115 Å². The number of ether oxygens (including phenoxy) is 15. The number of carbonyl (C=O) groups is 2. The number of benzene rings is 7. The second-order valence-corrected chi connectivity index (χ2v) is 17.7. The Hall–Kier alpha value is -7.55. The Morgan fingerprint density at radius 2 is 0.814 bits per heavy atom. The van der Waals surface area contributed by atoms with Crippen LogP contribution in [-0.2, 0) is 49.4 Å². The van der Waals surface area contributed by atoms with Crippen molar-refractivity contribution in [3.8, 4) is 46.0 Å². The normalized spacial score (nSPS) is 9.45. The molecule has 0 aliphatic rings. The van der Waals surface area contributed by atoms with Crippen LogP contribution in [0.3, 0.4) is 0 Å². The number of methoxy groups -OCH3 is 10. The maximum Gasteiger partial charge on any atom is 0.203 e. The van der Waals surface area contributed by atoms with E-state index in [-0.39, 0.29) is 13.6 Å². The van der Waals surface area contributed by atoms with E-state index in [1.165, 1.54) is 22.3 Å². The fourth-order valence-corrected chi connectivity index (χ4v) is 6.40. The molecule has 0 N–H and O–H groups in total. The highest BCUT2D eigenvalue weighted by Gasteiger charge is 2.14. The van der Waals surface area contributed by atoms with E-state index < -0.39 is 0 Å².